The fourth-order valence-electron chi connectivity index (χ4n) is 10.7. The molecule has 14 rings (SSSR count). The summed E-state index contributed by atoms with van der Waals surface area (Å²) in [6.07, 6.45) is 0. The van der Waals surface area contributed by atoms with Crippen LogP contribution in [0.25, 0.3) is 123 Å². The molecule has 92 heavy (non-hydrogen) atoms. The van der Waals surface area contributed by atoms with Crippen LogP contribution in [0.3, 0.4) is 0 Å². The first-order valence-corrected chi connectivity index (χ1v) is 31.3. The van der Waals surface area contributed by atoms with Gasteiger partial charge in [-0.05, 0) is 77.3 Å². The van der Waals surface area contributed by atoms with Crippen LogP contribution in [0, 0.1) is 0 Å². The van der Waals surface area contributed by atoms with Gasteiger partial charge in [-0.3, -0.25) is 19.9 Å². The lowest BCUT2D eigenvalue weighted by Gasteiger charge is -2.15. The SMILES string of the molecule is CC(C)c1ccc2ccc3c(-c4cccc(-c5nc(-c6ccccc6)nc(-c6ccccc6)n5)c4)cc(C(C)C)nc3c2n1.CC(C)c1ccc2ccc3c(Cl)cc(C(C)C)nc3c2n1.O[B]Oc1cccc(-c2nc(-c3ccccc3)nc(-c3ccccc3)n2)c1. The molecule has 1 radical (unpaired) electrons. The Labute approximate surface area is 542 Å². The Morgan fingerprint density at radius 3 is 1.07 bits per heavy atom. The molecule has 451 valence electrons. The van der Waals surface area contributed by atoms with E-state index in [1.54, 1.807) is 12.1 Å². The van der Waals surface area contributed by atoms with Gasteiger partial charge in [-0.25, -0.2) is 29.9 Å². The molecule has 14 aromatic rings. The number of pyridine rings is 4. The van der Waals surface area contributed by atoms with E-state index in [9.17, 15) is 0 Å². The maximum Gasteiger partial charge on any atom is 0.569 e. The molecular weight excluding hydrogens is 1160 g/mol. The minimum Gasteiger partial charge on any atom is -0.537 e. The fourth-order valence-corrected chi connectivity index (χ4v) is 11.0. The number of benzene rings is 8. The molecule has 0 atom stereocenters. The second-order valence-corrected chi connectivity index (χ2v) is 24.1. The van der Waals surface area contributed by atoms with Crippen LogP contribution in [0.5, 0.6) is 5.75 Å². The molecule has 0 aliphatic heterocycles. The zero-order chi connectivity index (χ0) is 63.8. The molecule has 0 unspecified atom stereocenters. The molecule has 0 spiro atoms. The number of rotatable bonds is 13. The molecule has 14 heteroatoms. The molecule has 0 saturated carbocycles. The highest BCUT2D eigenvalue weighted by Gasteiger charge is 2.19. The van der Waals surface area contributed by atoms with E-state index in [4.69, 9.17) is 56.2 Å². The van der Waals surface area contributed by atoms with E-state index < -0.39 is 0 Å². The standard InChI is InChI=1S/C39H33N5.C21H15BN3O2.C18H19ClN2/c1-24(2)33-21-19-26-18-20-31-32(23-34(25(3)4)41-36(31)35(26)40-33)29-16-11-17-30(22-29)39-43-37(27-12-7-5-8-13-27)42-38(44-39)28-14-9-6-10-15-28;26-22-27-18-13-7-12-17(14-18)21-24-19(15-8-3-1-4-9-15)23-20(25-21)16-10-5-2-6-11-16;1-10(2)15-8-6-12-5-7-13-14(19)9-16(11(3)4)21-18(13)17(12)20-15/h5-25H,1-4H3;1-14,26H;5-11H,1-4H3. The molecule has 0 amide bonds. The third-order valence-corrected chi connectivity index (χ3v) is 16.1. The Balaban J connectivity index is 0.000000145. The second kappa shape index (κ2) is 27.7. The van der Waals surface area contributed by atoms with Gasteiger partial charge in [-0.2, -0.15) is 0 Å². The molecule has 0 aliphatic carbocycles. The molecule has 12 nitrogen and oxygen atoms in total. The van der Waals surface area contributed by atoms with Gasteiger partial charge in [0.1, 0.15) is 5.75 Å². The van der Waals surface area contributed by atoms with Crippen LogP contribution in [-0.2, 0) is 0 Å². The van der Waals surface area contributed by atoms with Crippen molar-refractivity contribution in [2.45, 2.75) is 79.1 Å². The summed E-state index contributed by atoms with van der Waals surface area (Å²) < 4.78 is 5.06. The molecular formula is C78H67BClN10O2. The lowest BCUT2D eigenvalue weighted by Crippen LogP contribution is -2.02. The predicted octanol–water partition coefficient (Wildman–Crippen LogP) is 19.3. The van der Waals surface area contributed by atoms with Crippen molar-refractivity contribution in [3.8, 4) is 85.2 Å². The van der Waals surface area contributed by atoms with E-state index in [1.807, 2.05) is 146 Å². The van der Waals surface area contributed by atoms with Gasteiger partial charge in [0.2, 0.25) is 0 Å². The van der Waals surface area contributed by atoms with E-state index in [2.05, 4.69) is 143 Å². The lowest BCUT2D eigenvalue weighted by molar-refractivity contribution is 0.454. The van der Waals surface area contributed by atoms with Crippen LogP contribution in [0.2, 0.25) is 5.02 Å². The van der Waals surface area contributed by atoms with Gasteiger partial charge in [0.15, 0.2) is 34.9 Å². The summed E-state index contributed by atoms with van der Waals surface area (Å²) in [5.74, 6) is 5.49. The zero-order valence-electron chi connectivity index (χ0n) is 52.5. The highest BCUT2D eigenvalue weighted by atomic mass is 35.5. The van der Waals surface area contributed by atoms with Crippen LogP contribution < -0.4 is 4.65 Å². The van der Waals surface area contributed by atoms with Crippen LogP contribution in [0.1, 0.15) is 102 Å². The largest absolute Gasteiger partial charge is 0.569 e. The third kappa shape index (κ3) is 13.8. The maximum absolute atomic E-state index is 8.88. The predicted molar refractivity (Wildman–Crippen MR) is 375 cm³/mol. The topological polar surface area (TPSA) is 158 Å². The smallest absolute Gasteiger partial charge is 0.537 e. The molecule has 0 bridgehead atoms. The number of fused-ring (bicyclic) bond motifs is 6. The minimum absolute atomic E-state index is 0.260. The van der Waals surface area contributed by atoms with Gasteiger partial charge in [0, 0.05) is 77.7 Å². The lowest BCUT2D eigenvalue weighted by atomic mass is 9.95. The quantitative estimate of drug-likeness (QED) is 0.0861. The zero-order valence-corrected chi connectivity index (χ0v) is 53.3. The van der Waals surface area contributed by atoms with Crippen molar-refractivity contribution in [3.63, 3.8) is 0 Å². The summed E-state index contributed by atoms with van der Waals surface area (Å²) >= 11 is 6.44. The first-order valence-electron chi connectivity index (χ1n) is 31.0. The molecule has 6 heterocycles. The van der Waals surface area contributed by atoms with E-state index in [0.717, 1.165) is 116 Å². The first-order chi connectivity index (χ1) is 44.7. The summed E-state index contributed by atoms with van der Waals surface area (Å²) in [6.45, 7) is 17.3. The highest BCUT2D eigenvalue weighted by Crippen LogP contribution is 2.38. The van der Waals surface area contributed by atoms with E-state index >= 15 is 0 Å². The summed E-state index contributed by atoms with van der Waals surface area (Å²) in [4.78, 5) is 48.6. The van der Waals surface area contributed by atoms with Crippen LogP contribution in [-0.4, -0.2) is 62.5 Å². The molecule has 0 aliphatic rings. The maximum atomic E-state index is 8.88. The van der Waals surface area contributed by atoms with E-state index in [1.165, 1.54) is 0 Å². The van der Waals surface area contributed by atoms with Crippen molar-refractivity contribution in [3.05, 3.63) is 258 Å². The fraction of sp³-hybridized carbons (Fsp3) is 0.154. The van der Waals surface area contributed by atoms with Crippen molar-refractivity contribution in [2.24, 2.45) is 0 Å². The van der Waals surface area contributed by atoms with Crippen LogP contribution >= 0.6 is 11.6 Å². The van der Waals surface area contributed by atoms with Crippen molar-refractivity contribution in [1.82, 2.24) is 49.8 Å². The van der Waals surface area contributed by atoms with Crippen molar-refractivity contribution < 1.29 is 9.68 Å². The normalized spacial score (nSPS) is 11.3. The van der Waals surface area contributed by atoms with Crippen LogP contribution in [0.15, 0.2) is 231 Å². The average molecular weight is 1220 g/mol. The summed E-state index contributed by atoms with van der Waals surface area (Å²) in [5.41, 5.74) is 15.6. The third-order valence-electron chi connectivity index (χ3n) is 15.8. The molecule has 1 N–H and O–H groups in total. The average Bonchev–Trinajstić information content (AvgIpc) is 0.814. The van der Waals surface area contributed by atoms with Crippen molar-refractivity contribution in [1.29, 1.82) is 0 Å². The summed E-state index contributed by atoms with van der Waals surface area (Å²) in [5, 5.41) is 13.9. The Morgan fingerprint density at radius 2 is 0.641 bits per heavy atom. The molecule has 0 fully saturated rings. The van der Waals surface area contributed by atoms with Gasteiger partial charge in [-0.15, -0.1) is 0 Å². The van der Waals surface area contributed by atoms with Crippen molar-refractivity contribution >= 4 is 62.9 Å². The molecule has 0 saturated heterocycles. The Kier molecular flexibility index (Phi) is 18.6. The Bertz CT molecular complexity index is 4810. The number of hydrogen-bond donors (Lipinski definition) is 1. The molecule has 8 aromatic carbocycles. The van der Waals surface area contributed by atoms with E-state index in [-0.39, 0.29) is 5.92 Å². The summed E-state index contributed by atoms with van der Waals surface area (Å²) in [7, 11) is 0.650. The second-order valence-electron chi connectivity index (χ2n) is 23.7. The monoisotopic (exact) mass is 1220 g/mol. The van der Waals surface area contributed by atoms with E-state index in [0.29, 0.717) is 66.1 Å². The Morgan fingerprint density at radius 1 is 0.304 bits per heavy atom. The number of aromatic nitrogens is 10. The Hall–Kier alpha value is -10.5. The van der Waals surface area contributed by atoms with Gasteiger partial charge in [-0.1, -0.05) is 255 Å². The van der Waals surface area contributed by atoms with Gasteiger partial charge >= 0.3 is 7.69 Å². The summed E-state index contributed by atoms with van der Waals surface area (Å²) in [6, 6.07) is 76.6. The first kappa shape index (κ1) is 61.8. The number of hydrogen-bond acceptors (Lipinski definition) is 12. The van der Waals surface area contributed by atoms with Crippen LogP contribution in [0.4, 0.5) is 0 Å². The van der Waals surface area contributed by atoms with Crippen molar-refractivity contribution in [2.75, 3.05) is 0 Å². The van der Waals surface area contributed by atoms with Gasteiger partial charge in [0.05, 0.1) is 27.1 Å². The van der Waals surface area contributed by atoms with Gasteiger partial charge in [0.25, 0.3) is 0 Å². The minimum atomic E-state index is 0.260. The number of halogens is 1. The van der Waals surface area contributed by atoms with Gasteiger partial charge < -0.3 is 9.68 Å². The number of nitrogens with zero attached hydrogens (tertiary/aromatic N) is 10. The molecule has 6 aromatic heterocycles. The highest BCUT2D eigenvalue weighted by molar-refractivity contribution is 6.36.